The summed E-state index contributed by atoms with van der Waals surface area (Å²) < 4.78 is 29.8. The van der Waals surface area contributed by atoms with Gasteiger partial charge in [-0.3, -0.25) is 4.79 Å². The molecular formula is C16H22N2O5S. The van der Waals surface area contributed by atoms with Crippen LogP contribution < -0.4 is 5.32 Å². The molecule has 1 saturated heterocycles. The molecule has 7 nitrogen and oxygen atoms in total. The van der Waals surface area contributed by atoms with Crippen LogP contribution in [0.15, 0.2) is 24.3 Å². The fraction of sp³-hybridized carbons (Fsp3) is 0.500. The molecule has 1 fully saturated rings. The summed E-state index contributed by atoms with van der Waals surface area (Å²) in [5.41, 5.74) is 0.880. The van der Waals surface area contributed by atoms with Crippen molar-refractivity contribution in [2.24, 2.45) is 5.92 Å². The molecule has 1 heterocycles. The van der Waals surface area contributed by atoms with Crippen molar-refractivity contribution in [3.8, 4) is 0 Å². The number of benzene rings is 1. The van der Waals surface area contributed by atoms with Gasteiger partial charge in [-0.25, -0.2) is 17.5 Å². The molecule has 1 amide bonds. The summed E-state index contributed by atoms with van der Waals surface area (Å²) in [6.45, 7) is 2.33. The van der Waals surface area contributed by atoms with Crippen molar-refractivity contribution >= 4 is 27.6 Å². The van der Waals surface area contributed by atoms with Gasteiger partial charge in [0.1, 0.15) is 0 Å². The highest BCUT2D eigenvalue weighted by molar-refractivity contribution is 7.89. The number of nitrogens with one attached hydrogen (secondary N) is 1. The van der Waals surface area contributed by atoms with Crippen molar-refractivity contribution in [3.05, 3.63) is 29.8 Å². The first-order valence-corrected chi connectivity index (χ1v) is 9.45. The quantitative estimate of drug-likeness (QED) is 0.809. The van der Waals surface area contributed by atoms with E-state index in [1.54, 1.807) is 31.2 Å². The lowest BCUT2D eigenvalue weighted by atomic mass is 9.97. The van der Waals surface area contributed by atoms with Crippen LogP contribution in [-0.4, -0.2) is 50.6 Å². The standard InChI is InChI=1S/C16H22N2O5S/c1-3-24(21,22)18-9-7-12(8-10-18)15(19)17-14-6-4-5-13(11-14)16(20)23-2/h4-6,11-12H,3,7-10H2,1-2H3,(H,17,19). The van der Waals surface area contributed by atoms with Crippen molar-refractivity contribution in [2.45, 2.75) is 19.8 Å². The minimum absolute atomic E-state index is 0.0736. The van der Waals surface area contributed by atoms with Gasteiger partial charge >= 0.3 is 5.97 Å². The monoisotopic (exact) mass is 354 g/mol. The van der Waals surface area contributed by atoms with E-state index in [0.717, 1.165) is 0 Å². The zero-order valence-electron chi connectivity index (χ0n) is 13.8. The molecule has 1 aromatic rings. The lowest BCUT2D eigenvalue weighted by Gasteiger charge is -2.30. The van der Waals surface area contributed by atoms with E-state index in [9.17, 15) is 18.0 Å². The minimum Gasteiger partial charge on any atom is -0.465 e. The number of methoxy groups -OCH3 is 1. The summed E-state index contributed by atoms with van der Waals surface area (Å²) in [5, 5.41) is 2.78. The fourth-order valence-electron chi connectivity index (χ4n) is 2.66. The first kappa shape index (κ1) is 18.4. The van der Waals surface area contributed by atoms with Gasteiger partial charge in [-0.05, 0) is 38.0 Å². The van der Waals surface area contributed by atoms with Crippen molar-refractivity contribution in [1.29, 1.82) is 0 Å². The second-order valence-electron chi connectivity index (χ2n) is 5.64. The first-order valence-electron chi connectivity index (χ1n) is 7.84. The molecule has 0 saturated carbocycles. The smallest absolute Gasteiger partial charge is 0.337 e. The number of carbonyl (C=O) groups excluding carboxylic acids is 2. The Balaban J connectivity index is 1.96. The van der Waals surface area contributed by atoms with Gasteiger partial charge in [0.25, 0.3) is 0 Å². The number of ether oxygens (including phenoxy) is 1. The number of piperidine rings is 1. The number of nitrogens with zero attached hydrogens (tertiary/aromatic N) is 1. The van der Waals surface area contributed by atoms with Crippen molar-refractivity contribution < 1.29 is 22.7 Å². The predicted octanol–water partition coefficient (Wildman–Crippen LogP) is 1.47. The number of amides is 1. The molecule has 1 aliphatic rings. The van der Waals surface area contributed by atoms with Crippen molar-refractivity contribution in [3.63, 3.8) is 0 Å². The van der Waals surface area contributed by atoms with E-state index in [2.05, 4.69) is 10.1 Å². The summed E-state index contributed by atoms with van der Waals surface area (Å²) in [4.78, 5) is 23.9. The Morgan fingerprint density at radius 1 is 1.29 bits per heavy atom. The second-order valence-corrected chi connectivity index (χ2v) is 7.89. The Bertz CT molecular complexity index is 709. The molecule has 132 valence electrons. The van der Waals surface area contributed by atoms with Crippen molar-refractivity contribution in [2.75, 3.05) is 31.3 Å². The Labute approximate surface area is 142 Å². The van der Waals surface area contributed by atoms with E-state index >= 15 is 0 Å². The van der Waals surface area contributed by atoms with Gasteiger partial charge in [0.05, 0.1) is 18.4 Å². The van der Waals surface area contributed by atoms with E-state index in [1.165, 1.54) is 11.4 Å². The Morgan fingerprint density at radius 3 is 2.54 bits per heavy atom. The van der Waals surface area contributed by atoms with Crippen LogP contribution in [0.4, 0.5) is 5.69 Å². The predicted molar refractivity (Wildman–Crippen MR) is 90.2 cm³/mol. The van der Waals surface area contributed by atoms with Crippen LogP contribution in [-0.2, 0) is 19.6 Å². The molecule has 0 aromatic heterocycles. The molecule has 0 aliphatic carbocycles. The van der Waals surface area contributed by atoms with Crippen LogP contribution >= 0.6 is 0 Å². The van der Waals surface area contributed by atoms with Crippen LogP contribution in [0.1, 0.15) is 30.1 Å². The normalized spacial score (nSPS) is 16.6. The maximum atomic E-state index is 12.3. The van der Waals surface area contributed by atoms with Crippen LogP contribution in [0.5, 0.6) is 0 Å². The highest BCUT2D eigenvalue weighted by Gasteiger charge is 2.30. The van der Waals surface area contributed by atoms with Crippen LogP contribution in [0.3, 0.4) is 0 Å². The van der Waals surface area contributed by atoms with Crippen LogP contribution in [0.2, 0.25) is 0 Å². The van der Waals surface area contributed by atoms with E-state index in [0.29, 0.717) is 37.2 Å². The summed E-state index contributed by atoms with van der Waals surface area (Å²) in [6.07, 6.45) is 0.976. The average molecular weight is 354 g/mol. The maximum absolute atomic E-state index is 12.3. The number of sulfonamides is 1. The van der Waals surface area contributed by atoms with E-state index in [1.807, 2.05) is 0 Å². The van der Waals surface area contributed by atoms with Gasteiger partial charge in [-0.2, -0.15) is 0 Å². The molecule has 24 heavy (non-hydrogen) atoms. The van der Waals surface area contributed by atoms with Crippen LogP contribution in [0.25, 0.3) is 0 Å². The fourth-order valence-corrected chi connectivity index (χ4v) is 3.80. The van der Waals surface area contributed by atoms with Gasteiger partial charge in [-0.15, -0.1) is 0 Å². The molecule has 0 bridgehead atoms. The Hall–Kier alpha value is -1.93. The zero-order chi connectivity index (χ0) is 17.7. The highest BCUT2D eigenvalue weighted by atomic mass is 32.2. The number of rotatable bonds is 5. The molecule has 1 aromatic carbocycles. The maximum Gasteiger partial charge on any atom is 0.337 e. The van der Waals surface area contributed by atoms with Crippen molar-refractivity contribution in [1.82, 2.24) is 4.31 Å². The third-order valence-electron chi connectivity index (χ3n) is 4.13. The molecular weight excluding hydrogens is 332 g/mol. The van der Waals surface area contributed by atoms with Gasteiger partial charge in [-0.1, -0.05) is 6.07 Å². The molecule has 0 unspecified atom stereocenters. The largest absolute Gasteiger partial charge is 0.465 e. The number of esters is 1. The van der Waals surface area contributed by atoms with Crippen LogP contribution in [0, 0.1) is 5.92 Å². The van der Waals surface area contributed by atoms with Gasteiger partial charge < -0.3 is 10.1 Å². The number of carbonyl (C=O) groups is 2. The van der Waals surface area contributed by atoms with Gasteiger partial charge in [0.2, 0.25) is 15.9 Å². The number of anilines is 1. The number of hydrogen-bond donors (Lipinski definition) is 1. The lowest BCUT2D eigenvalue weighted by Crippen LogP contribution is -2.42. The summed E-state index contributed by atoms with van der Waals surface area (Å²) in [7, 11) is -1.90. The summed E-state index contributed by atoms with van der Waals surface area (Å²) in [6, 6.07) is 6.52. The molecule has 8 heteroatoms. The third-order valence-corrected chi connectivity index (χ3v) is 6.02. The summed E-state index contributed by atoms with van der Waals surface area (Å²) in [5.74, 6) is -0.797. The molecule has 0 radical (unpaired) electrons. The van der Waals surface area contributed by atoms with E-state index in [-0.39, 0.29) is 17.6 Å². The first-order chi connectivity index (χ1) is 11.4. The number of hydrogen-bond acceptors (Lipinski definition) is 5. The molecule has 0 atom stereocenters. The van der Waals surface area contributed by atoms with E-state index in [4.69, 9.17) is 0 Å². The molecule has 1 aliphatic heterocycles. The molecule has 1 N–H and O–H groups in total. The minimum atomic E-state index is -3.20. The second kappa shape index (κ2) is 7.76. The Morgan fingerprint density at radius 2 is 1.96 bits per heavy atom. The Kier molecular flexibility index (Phi) is 5.95. The molecule has 0 spiro atoms. The highest BCUT2D eigenvalue weighted by Crippen LogP contribution is 2.22. The van der Waals surface area contributed by atoms with Gasteiger partial charge in [0.15, 0.2) is 0 Å². The summed E-state index contributed by atoms with van der Waals surface area (Å²) >= 11 is 0. The lowest BCUT2D eigenvalue weighted by molar-refractivity contribution is -0.120. The van der Waals surface area contributed by atoms with E-state index < -0.39 is 16.0 Å². The zero-order valence-corrected chi connectivity index (χ0v) is 14.6. The van der Waals surface area contributed by atoms with Gasteiger partial charge in [0, 0.05) is 24.7 Å². The molecule has 2 rings (SSSR count). The average Bonchev–Trinajstić information content (AvgIpc) is 2.61. The third kappa shape index (κ3) is 4.33. The SMILES string of the molecule is CCS(=O)(=O)N1CCC(C(=O)Nc2cccc(C(=O)OC)c2)CC1. The topological polar surface area (TPSA) is 92.8 Å².